The van der Waals surface area contributed by atoms with Gasteiger partial charge in [0.2, 0.25) is 0 Å². The summed E-state index contributed by atoms with van der Waals surface area (Å²) in [5, 5.41) is 4.32. The predicted molar refractivity (Wildman–Crippen MR) is 76.3 cm³/mol. The molecule has 18 heavy (non-hydrogen) atoms. The maximum Gasteiger partial charge on any atom is 0.0406 e. The van der Waals surface area contributed by atoms with Crippen LogP contribution in [0.2, 0.25) is 5.02 Å². The Labute approximate surface area is 113 Å². The largest absolute Gasteiger partial charge is 0.315 e. The zero-order chi connectivity index (χ0) is 12.4. The fourth-order valence-corrected chi connectivity index (χ4v) is 2.80. The second-order valence-electron chi connectivity index (χ2n) is 4.76. The van der Waals surface area contributed by atoms with E-state index in [1.54, 1.807) is 0 Å². The van der Waals surface area contributed by atoms with Gasteiger partial charge in [-0.1, -0.05) is 48.0 Å². The molecule has 1 nitrogen and oxygen atoms in total. The summed E-state index contributed by atoms with van der Waals surface area (Å²) in [7, 11) is 0. The summed E-state index contributed by atoms with van der Waals surface area (Å²) in [5.41, 5.74) is 4.24. The Bertz CT molecular complexity index is 533. The minimum atomic E-state index is 0.431. The van der Waals surface area contributed by atoms with Gasteiger partial charge in [0, 0.05) is 17.5 Å². The lowest BCUT2D eigenvalue weighted by Gasteiger charge is -2.18. The molecule has 3 rings (SSSR count). The fourth-order valence-electron chi connectivity index (χ4n) is 2.67. The van der Waals surface area contributed by atoms with Gasteiger partial charge in [0.05, 0.1) is 0 Å². The summed E-state index contributed by atoms with van der Waals surface area (Å²) < 4.78 is 0. The molecule has 0 aromatic heterocycles. The van der Waals surface area contributed by atoms with Crippen LogP contribution < -0.4 is 5.32 Å². The molecular formula is C16H16ClN. The van der Waals surface area contributed by atoms with E-state index in [-0.39, 0.29) is 0 Å². The second kappa shape index (κ2) is 5.13. The van der Waals surface area contributed by atoms with Crippen molar-refractivity contribution in [3.8, 4) is 0 Å². The first-order valence-corrected chi connectivity index (χ1v) is 6.76. The molecule has 0 radical (unpaired) electrons. The molecule has 0 saturated heterocycles. The van der Waals surface area contributed by atoms with Crippen LogP contribution in [0, 0.1) is 0 Å². The molecule has 1 unspecified atom stereocenters. The SMILES string of the molecule is Clc1ccc(C2CNCCc3ccccc32)cc1. The molecule has 2 aromatic rings. The van der Waals surface area contributed by atoms with Gasteiger partial charge in [-0.2, -0.15) is 0 Å². The standard InChI is InChI=1S/C16H16ClN/c17-14-7-5-13(6-8-14)16-11-18-10-9-12-3-1-2-4-15(12)16/h1-8,16,18H,9-11H2. The minimum absolute atomic E-state index is 0.431. The van der Waals surface area contributed by atoms with E-state index in [0.717, 1.165) is 24.5 Å². The lowest BCUT2D eigenvalue weighted by molar-refractivity contribution is 0.665. The van der Waals surface area contributed by atoms with Crippen LogP contribution >= 0.6 is 11.6 Å². The van der Waals surface area contributed by atoms with Gasteiger partial charge in [-0.25, -0.2) is 0 Å². The Morgan fingerprint density at radius 1 is 1.00 bits per heavy atom. The Hall–Kier alpha value is -1.31. The van der Waals surface area contributed by atoms with Gasteiger partial charge in [-0.3, -0.25) is 0 Å². The van der Waals surface area contributed by atoms with E-state index in [0.29, 0.717) is 5.92 Å². The van der Waals surface area contributed by atoms with E-state index in [9.17, 15) is 0 Å². The molecule has 1 aliphatic heterocycles. The molecule has 0 spiro atoms. The summed E-state index contributed by atoms with van der Waals surface area (Å²) in [4.78, 5) is 0. The Morgan fingerprint density at radius 2 is 1.78 bits per heavy atom. The van der Waals surface area contributed by atoms with Gasteiger partial charge in [0.15, 0.2) is 0 Å². The molecule has 1 aliphatic rings. The van der Waals surface area contributed by atoms with Crippen LogP contribution in [0.3, 0.4) is 0 Å². The molecular weight excluding hydrogens is 242 g/mol. The average molecular weight is 258 g/mol. The molecule has 92 valence electrons. The number of hydrogen-bond donors (Lipinski definition) is 1. The van der Waals surface area contributed by atoms with E-state index in [4.69, 9.17) is 11.6 Å². The minimum Gasteiger partial charge on any atom is -0.315 e. The first-order valence-electron chi connectivity index (χ1n) is 6.38. The van der Waals surface area contributed by atoms with Gasteiger partial charge in [0.1, 0.15) is 0 Å². The maximum absolute atomic E-state index is 5.97. The van der Waals surface area contributed by atoms with E-state index < -0.39 is 0 Å². The molecule has 0 fully saturated rings. The van der Waals surface area contributed by atoms with E-state index in [2.05, 4.69) is 41.7 Å². The zero-order valence-corrected chi connectivity index (χ0v) is 11.0. The molecule has 1 atom stereocenters. The third kappa shape index (κ3) is 2.29. The highest BCUT2D eigenvalue weighted by molar-refractivity contribution is 6.30. The number of rotatable bonds is 1. The van der Waals surface area contributed by atoms with Crippen molar-refractivity contribution in [2.45, 2.75) is 12.3 Å². The third-order valence-electron chi connectivity index (χ3n) is 3.62. The Morgan fingerprint density at radius 3 is 2.61 bits per heavy atom. The summed E-state index contributed by atoms with van der Waals surface area (Å²) in [6.45, 7) is 2.06. The summed E-state index contributed by atoms with van der Waals surface area (Å²) in [6.07, 6.45) is 1.11. The van der Waals surface area contributed by atoms with Crippen molar-refractivity contribution >= 4 is 11.6 Å². The van der Waals surface area contributed by atoms with Gasteiger partial charge in [-0.05, 0) is 41.8 Å². The second-order valence-corrected chi connectivity index (χ2v) is 5.19. The molecule has 0 bridgehead atoms. The van der Waals surface area contributed by atoms with Crippen molar-refractivity contribution in [3.05, 3.63) is 70.2 Å². The van der Waals surface area contributed by atoms with Crippen LogP contribution in [0.25, 0.3) is 0 Å². The van der Waals surface area contributed by atoms with Gasteiger partial charge >= 0.3 is 0 Å². The fraction of sp³-hybridized carbons (Fsp3) is 0.250. The number of benzene rings is 2. The summed E-state index contributed by atoms with van der Waals surface area (Å²) in [5.74, 6) is 0.431. The van der Waals surface area contributed by atoms with Gasteiger partial charge < -0.3 is 5.32 Å². The number of halogens is 1. The normalized spacial score (nSPS) is 19.1. The topological polar surface area (TPSA) is 12.0 Å². The quantitative estimate of drug-likeness (QED) is 0.823. The first kappa shape index (κ1) is 11.8. The first-order chi connectivity index (χ1) is 8.84. The molecule has 1 N–H and O–H groups in total. The average Bonchev–Trinajstić information content (AvgIpc) is 2.62. The van der Waals surface area contributed by atoms with Crippen molar-refractivity contribution in [1.29, 1.82) is 0 Å². The zero-order valence-electron chi connectivity index (χ0n) is 10.2. The molecule has 1 heterocycles. The van der Waals surface area contributed by atoms with Crippen LogP contribution in [0.15, 0.2) is 48.5 Å². The van der Waals surface area contributed by atoms with Gasteiger partial charge in [-0.15, -0.1) is 0 Å². The van der Waals surface area contributed by atoms with Crippen LogP contribution in [-0.2, 0) is 6.42 Å². The Balaban J connectivity index is 2.03. The molecule has 0 amide bonds. The Kier molecular flexibility index (Phi) is 3.35. The maximum atomic E-state index is 5.97. The van der Waals surface area contributed by atoms with Crippen molar-refractivity contribution in [2.75, 3.05) is 13.1 Å². The summed E-state index contributed by atoms with van der Waals surface area (Å²) in [6, 6.07) is 17.0. The highest BCUT2D eigenvalue weighted by atomic mass is 35.5. The number of fused-ring (bicyclic) bond motifs is 1. The highest BCUT2D eigenvalue weighted by Gasteiger charge is 2.19. The predicted octanol–water partition coefficient (Wildman–Crippen LogP) is 3.62. The third-order valence-corrected chi connectivity index (χ3v) is 3.87. The van der Waals surface area contributed by atoms with Crippen molar-refractivity contribution in [2.24, 2.45) is 0 Å². The van der Waals surface area contributed by atoms with Crippen LogP contribution in [0.4, 0.5) is 0 Å². The van der Waals surface area contributed by atoms with E-state index in [1.807, 2.05) is 12.1 Å². The summed E-state index contributed by atoms with van der Waals surface area (Å²) >= 11 is 5.97. The van der Waals surface area contributed by atoms with Crippen molar-refractivity contribution in [1.82, 2.24) is 5.32 Å². The number of nitrogens with one attached hydrogen (secondary N) is 1. The molecule has 0 aliphatic carbocycles. The van der Waals surface area contributed by atoms with Crippen molar-refractivity contribution in [3.63, 3.8) is 0 Å². The van der Waals surface area contributed by atoms with Crippen LogP contribution in [-0.4, -0.2) is 13.1 Å². The van der Waals surface area contributed by atoms with Crippen LogP contribution in [0.1, 0.15) is 22.6 Å². The van der Waals surface area contributed by atoms with Crippen molar-refractivity contribution < 1.29 is 0 Å². The number of hydrogen-bond acceptors (Lipinski definition) is 1. The van der Waals surface area contributed by atoms with Gasteiger partial charge in [0.25, 0.3) is 0 Å². The van der Waals surface area contributed by atoms with Crippen LogP contribution in [0.5, 0.6) is 0 Å². The highest BCUT2D eigenvalue weighted by Crippen LogP contribution is 2.29. The lowest BCUT2D eigenvalue weighted by Crippen LogP contribution is -2.20. The molecule has 0 saturated carbocycles. The van der Waals surface area contributed by atoms with E-state index >= 15 is 0 Å². The lowest BCUT2D eigenvalue weighted by atomic mass is 9.88. The smallest absolute Gasteiger partial charge is 0.0406 e. The van der Waals surface area contributed by atoms with E-state index in [1.165, 1.54) is 16.7 Å². The molecule has 2 aromatic carbocycles. The monoisotopic (exact) mass is 257 g/mol. The molecule has 2 heteroatoms.